The van der Waals surface area contributed by atoms with Gasteiger partial charge in [-0.15, -0.1) is 12.4 Å². The Hall–Kier alpha value is 0.200. The van der Waals surface area contributed by atoms with E-state index in [2.05, 4.69) is 0 Å². The molecule has 60 valence electrons. The molecule has 0 bridgehead atoms. The Bertz CT molecular complexity index is 132. The molecule has 0 fully saturated rings. The van der Waals surface area contributed by atoms with E-state index < -0.39 is 9.84 Å². The molecule has 0 unspecified atom stereocenters. The van der Waals surface area contributed by atoms with Crippen molar-refractivity contribution in [3.8, 4) is 0 Å². The summed E-state index contributed by atoms with van der Waals surface area (Å²) in [5.74, 6) is 0.312. The lowest BCUT2D eigenvalue weighted by Crippen LogP contribution is -2.00. The predicted molar refractivity (Wildman–Crippen MR) is 42.3 cm³/mol. The van der Waals surface area contributed by atoms with Gasteiger partial charge in [-0.1, -0.05) is 6.92 Å². The molecule has 0 aromatic rings. The topological polar surface area (TPSA) is 69.1 Å². The highest BCUT2D eigenvalue weighted by atomic mass is 35.5. The molecule has 3 N–H and O–H groups in total. The van der Waals surface area contributed by atoms with Gasteiger partial charge in [-0.05, 0) is 6.42 Å². The molecular formula is C4H14ClNO2S. The maximum absolute atomic E-state index is 10.2. The van der Waals surface area contributed by atoms with Crippen LogP contribution in [0.1, 0.15) is 13.3 Å². The van der Waals surface area contributed by atoms with Crippen molar-refractivity contribution in [2.24, 2.45) is 0 Å². The van der Waals surface area contributed by atoms with Crippen molar-refractivity contribution in [1.29, 1.82) is 0 Å². The van der Waals surface area contributed by atoms with Crippen molar-refractivity contribution in [3.63, 3.8) is 0 Å². The van der Waals surface area contributed by atoms with Crippen LogP contribution >= 0.6 is 12.4 Å². The summed E-state index contributed by atoms with van der Waals surface area (Å²) < 4.78 is 20.5. The van der Waals surface area contributed by atoms with Crippen LogP contribution in [-0.4, -0.2) is 20.4 Å². The van der Waals surface area contributed by atoms with Crippen molar-refractivity contribution < 1.29 is 8.42 Å². The lowest BCUT2D eigenvalue weighted by Gasteiger charge is -1.87. The average Bonchev–Trinajstić information content (AvgIpc) is 1.30. The summed E-state index contributed by atoms with van der Waals surface area (Å²) in [5.41, 5.74) is 0. The van der Waals surface area contributed by atoms with Crippen LogP contribution in [0, 0.1) is 0 Å². The molecule has 0 saturated heterocycles. The van der Waals surface area contributed by atoms with E-state index >= 15 is 0 Å². The van der Waals surface area contributed by atoms with Gasteiger partial charge in [0.2, 0.25) is 0 Å². The lowest BCUT2D eigenvalue weighted by molar-refractivity contribution is 0.600. The Morgan fingerprint density at radius 2 is 1.67 bits per heavy atom. The molecule has 0 heterocycles. The largest absolute Gasteiger partial charge is 0.344 e. The van der Waals surface area contributed by atoms with Crippen molar-refractivity contribution in [2.75, 3.05) is 12.0 Å². The Morgan fingerprint density at radius 1 is 1.33 bits per heavy atom. The summed E-state index contributed by atoms with van der Waals surface area (Å²) >= 11 is 0. The molecule has 0 aromatic heterocycles. The van der Waals surface area contributed by atoms with E-state index in [1.54, 1.807) is 0 Å². The minimum atomic E-state index is -2.67. The highest BCUT2D eigenvalue weighted by Gasteiger charge is 1.95. The van der Waals surface area contributed by atoms with Crippen LogP contribution in [-0.2, 0) is 9.84 Å². The van der Waals surface area contributed by atoms with Gasteiger partial charge < -0.3 is 6.15 Å². The second-order valence-corrected chi connectivity index (χ2v) is 3.89. The molecule has 0 spiro atoms. The maximum Gasteiger partial charge on any atom is 0.147 e. The minimum absolute atomic E-state index is 0. The van der Waals surface area contributed by atoms with E-state index in [1.807, 2.05) is 6.92 Å². The smallest absolute Gasteiger partial charge is 0.147 e. The predicted octanol–water partition coefficient (Wildman–Crippen LogP) is 1.02. The zero-order valence-corrected chi connectivity index (χ0v) is 7.39. The van der Waals surface area contributed by atoms with E-state index in [9.17, 15) is 8.42 Å². The summed E-state index contributed by atoms with van der Waals surface area (Å²) in [7, 11) is -2.67. The zero-order chi connectivity index (χ0) is 5.91. The number of sulfone groups is 1. The van der Waals surface area contributed by atoms with Crippen molar-refractivity contribution >= 4 is 22.2 Å². The van der Waals surface area contributed by atoms with E-state index in [1.165, 1.54) is 6.26 Å². The number of rotatable bonds is 2. The SMILES string of the molecule is CCCS(C)(=O)=O.Cl.N. The lowest BCUT2D eigenvalue weighted by atomic mass is 10.6. The van der Waals surface area contributed by atoms with Gasteiger partial charge in [0.15, 0.2) is 0 Å². The first-order valence-electron chi connectivity index (χ1n) is 2.24. The normalized spacial score (nSPS) is 9.11. The third kappa shape index (κ3) is 17.9. The van der Waals surface area contributed by atoms with Crippen LogP contribution in [0.25, 0.3) is 0 Å². The monoisotopic (exact) mass is 175 g/mol. The van der Waals surface area contributed by atoms with Crippen LogP contribution in [0.2, 0.25) is 0 Å². The van der Waals surface area contributed by atoms with Crippen molar-refractivity contribution in [2.45, 2.75) is 13.3 Å². The Labute approximate surface area is 62.7 Å². The fourth-order valence-corrected chi connectivity index (χ4v) is 1.11. The summed E-state index contributed by atoms with van der Waals surface area (Å²) in [6.45, 7) is 1.85. The van der Waals surface area contributed by atoms with E-state index in [4.69, 9.17) is 0 Å². The molecule has 0 rings (SSSR count). The molecule has 3 nitrogen and oxygen atoms in total. The Kier molecular flexibility index (Phi) is 11.3. The summed E-state index contributed by atoms with van der Waals surface area (Å²) in [5, 5.41) is 0. The molecule has 0 atom stereocenters. The summed E-state index contributed by atoms with van der Waals surface area (Å²) in [6, 6.07) is 0. The van der Waals surface area contributed by atoms with Crippen LogP contribution in [0.15, 0.2) is 0 Å². The van der Waals surface area contributed by atoms with Gasteiger partial charge in [-0.25, -0.2) is 8.42 Å². The quantitative estimate of drug-likeness (QED) is 0.682. The van der Waals surface area contributed by atoms with E-state index in [0.717, 1.165) is 6.42 Å². The molecular weight excluding hydrogens is 162 g/mol. The van der Waals surface area contributed by atoms with Crippen LogP contribution in [0.3, 0.4) is 0 Å². The number of hydrogen-bond acceptors (Lipinski definition) is 3. The molecule has 0 amide bonds. The Balaban J connectivity index is -0.000000180. The molecule has 0 aliphatic carbocycles. The van der Waals surface area contributed by atoms with E-state index in [-0.39, 0.29) is 18.6 Å². The van der Waals surface area contributed by atoms with Gasteiger partial charge in [-0.3, -0.25) is 0 Å². The summed E-state index contributed by atoms with van der Waals surface area (Å²) in [6.07, 6.45) is 1.97. The first-order chi connectivity index (χ1) is 3.06. The minimum Gasteiger partial charge on any atom is -0.344 e. The fraction of sp³-hybridized carbons (Fsp3) is 1.00. The molecule has 0 aliphatic rings. The first-order valence-corrected chi connectivity index (χ1v) is 4.30. The highest BCUT2D eigenvalue weighted by Crippen LogP contribution is 1.84. The standard InChI is InChI=1S/C4H10O2S.ClH.H3N/c1-3-4-7(2,5)6;;/h3-4H2,1-2H3;1H;1H3. The second-order valence-electron chi connectivity index (χ2n) is 1.63. The summed E-state index contributed by atoms with van der Waals surface area (Å²) in [4.78, 5) is 0. The molecule has 0 radical (unpaired) electrons. The molecule has 5 heteroatoms. The average molecular weight is 176 g/mol. The highest BCUT2D eigenvalue weighted by molar-refractivity contribution is 7.90. The van der Waals surface area contributed by atoms with Gasteiger partial charge in [0.25, 0.3) is 0 Å². The van der Waals surface area contributed by atoms with Gasteiger partial charge in [0, 0.05) is 12.0 Å². The van der Waals surface area contributed by atoms with Gasteiger partial charge in [0.05, 0.1) is 0 Å². The van der Waals surface area contributed by atoms with Crippen LogP contribution in [0.5, 0.6) is 0 Å². The molecule has 9 heavy (non-hydrogen) atoms. The number of hydrogen-bond donors (Lipinski definition) is 1. The molecule has 0 aromatic carbocycles. The van der Waals surface area contributed by atoms with Gasteiger partial charge in [-0.2, -0.15) is 0 Å². The van der Waals surface area contributed by atoms with Gasteiger partial charge in [0.1, 0.15) is 9.84 Å². The van der Waals surface area contributed by atoms with Crippen molar-refractivity contribution in [3.05, 3.63) is 0 Å². The zero-order valence-electron chi connectivity index (χ0n) is 5.75. The molecule has 0 saturated carbocycles. The first kappa shape index (κ1) is 16.1. The van der Waals surface area contributed by atoms with Crippen molar-refractivity contribution in [1.82, 2.24) is 6.15 Å². The van der Waals surface area contributed by atoms with Crippen LogP contribution < -0.4 is 6.15 Å². The fourth-order valence-electron chi connectivity index (χ4n) is 0.371. The third-order valence-electron chi connectivity index (χ3n) is 0.575. The van der Waals surface area contributed by atoms with Crippen LogP contribution in [0.4, 0.5) is 0 Å². The molecule has 0 aliphatic heterocycles. The number of halogens is 1. The maximum atomic E-state index is 10.2. The third-order valence-corrected chi connectivity index (χ3v) is 1.72. The second kappa shape index (κ2) is 6.32. The Morgan fingerprint density at radius 3 is 1.67 bits per heavy atom. The van der Waals surface area contributed by atoms with E-state index in [0.29, 0.717) is 5.75 Å². The van der Waals surface area contributed by atoms with Gasteiger partial charge >= 0.3 is 0 Å².